The first-order valence-corrected chi connectivity index (χ1v) is 5.28. The quantitative estimate of drug-likeness (QED) is 0.807. The molecule has 82 valence electrons. The van der Waals surface area contributed by atoms with Crippen molar-refractivity contribution in [2.45, 2.75) is 40.2 Å². The monoisotopic (exact) mass is 197 g/mol. The lowest BCUT2D eigenvalue weighted by atomic mass is 10.1. The van der Waals surface area contributed by atoms with Crippen LogP contribution in [0.5, 0.6) is 0 Å². The van der Waals surface area contributed by atoms with Gasteiger partial charge in [0.15, 0.2) is 0 Å². The van der Waals surface area contributed by atoms with E-state index in [1.54, 1.807) is 0 Å². The summed E-state index contributed by atoms with van der Waals surface area (Å²) in [6.07, 6.45) is 0. The smallest absolute Gasteiger partial charge is 0.0650 e. The normalized spacial score (nSPS) is 10.3. The third-order valence-electron chi connectivity index (χ3n) is 1.73. The van der Waals surface area contributed by atoms with Crippen molar-refractivity contribution in [2.24, 2.45) is 0 Å². The van der Waals surface area contributed by atoms with E-state index in [0.29, 0.717) is 5.92 Å². The Labute approximate surface area is 87.5 Å². The molecule has 0 saturated carbocycles. The molecule has 0 atom stereocenters. The van der Waals surface area contributed by atoms with Crippen LogP contribution in [-0.4, -0.2) is 29.2 Å². The largest absolute Gasteiger partial charge is 0.304 e. The van der Waals surface area contributed by atoms with Crippen molar-refractivity contribution in [3.63, 3.8) is 0 Å². The molecule has 0 amide bonds. The van der Waals surface area contributed by atoms with E-state index in [2.05, 4.69) is 49.1 Å². The van der Waals surface area contributed by atoms with Crippen LogP contribution in [0.1, 0.15) is 45.0 Å². The summed E-state index contributed by atoms with van der Waals surface area (Å²) in [6.45, 7) is 9.23. The summed E-state index contributed by atoms with van der Waals surface area (Å²) < 4.78 is 0. The molecule has 0 aliphatic carbocycles. The van der Waals surface area contributed by atoms with Gasteiger partial charge < -0.3 is 4.90 Å². The van der Waals surface area contributed by atoms with E-state index in [9.17, 15) is 0 Å². The van der Waals surface area contributed by atoms with Crippen molar-refractivity contribution < 1.29 is 0 Å². The first-order valence-electron chi connectivity index (χ1n) is 5.28. The van der Waals surface area contributed by atoms with Crippen LogP contribution in [-0.2, 0) is 6.54 Å². The van der Waals surface area contributed by atoms with E-state index in [1.165, 1.54) is 5.69 Å². The Morgan fingerprint density at radius 2 is 1.93 bits per heavy atom. The summed E-state index contributed by atoms with van der Waals surface area (Å²) >= 11 is 0. The zero-order chi connectivity index (χ0) is 11.1. The van der Waals surface area contributed by atoms with Crippen molar-refractivity contribution in [1.82, 2.24) is 15.1 Å². The van der Waals surface area contributed by atoms with Gasteiger partial charge >= 0.3 is 0 Å². The highest BCUT2D eigenvalue weighted by molar-refractivity contribution is 5.11. The van der Waals surface area contributed by atoms with Crippen molar-refractivity contribution in [1.29, 1.82) is 0 Å². The van der Waals surface area contributed by atoms with Crippen LogP contribution in [0.3, 0.4) is 0 Å². The highest BCUT2D eigenvalue weighted by atomic mass is 15.2. The zero-order valence-corrected chi connectivity index (χ0v) is 10.3. The molecular weight excluding hydrogens is 174 g/mol. The van der Waals surface area contributed by atoms with Gasteiger partial charge in [-0.2, -0.15) is 5.10 Å². The Kier molecular flexibility index (Phi) is 6.21. The lowest BCUT2D eigenvalue weighted by Gasteiger charge is -2.05. The topological polar surface area (TPSA) is 31.9 Å². The summed E-state index contributed by atoms with van der Waals surface area (Å²) in [5.74, 6) is 0.511. The van der Waals surface area contributed by atoms with Gasteiger partial charge in [-0.25, -0.2) is 0 Å². The Morgan fingerprint density at radius 1 is 1.36 bits per heavy atom. The Bertz CT molecular complexity index is 238. The van der Waals surface area contributed by atoms with Gasteiger partial charge in [-0.3, -0.25) is 5.10 Å². The highest BCUT2D eigenvalue weighted by Gasteiger charge is 2.04. The van der Waals surface area contributed by atoms with Gasteiger partial charge in [0, 0.05) is 12.2 Å². The minimum Gasteiger partial charge on any atom is -0.304 e. The van der Waals surface area contributed by atoms with Gasteiger partial charge in [0.1, 0.15) is 0 Å². The Morgan fingerprint density at radius 3 is 2.29 bits per heavy atom. The van der Waals surface area contributed by atoms with E-state index in [4.69, 9.17) is 0 Å². The molecule has 1 aromatic rings. The molecule has 0 saturated heterocycles. The minimum atomic E-state index is 0.511. The summed E-state index contributed by atoms with van der Waals surface area (Å²) in [5.41, 5.74) is 2.33. The fourth-order valence-electron chi connectivity index (χ4n) is 1.10. The molecule has 3 heteroatoms. The second-order valence-electron chi connectivity index (χ2n) is 3.71. The maximum absolute atomic E-state index is 4.22. The lowest BCUT2D eigenvalue weighted by Crippen LogP contribution is -2.10. The maximum atomic E-state index is 4.22. The predicted molar refractivity (Wildman–Crippen MR) is 61.4 cm³/mol. The third-order valence-corrected chi connectivity index (χ3v) is 1.73. The molecule has 3 nitrogen and oxygen atoms in total. The van der Waals surface area contributed by atoms with Crippen LogP contribution in [0.2, 0.25) is 0 Å². The molecule has 0 aromatic carbocycles. The summed E-state index contributed by atoms with van der Waals surface area (Å²) in [7, 11) is 4.10. The summed E-state index contributed by atoms with van der Waals surface area (Å²) in [4.78, 5) is 2.12. The fourth-order valence-corrected chi connectivity index (χ4v) is 1.10. The molecule has 0 unspecified atom stereocenters. The van der Waals surface area contributed by atoms with Gasteiger partial charge in [-0.05, 0) is 26.1 Å². The van der Waals surface area contributed by atoms with E-state index >= 15 is 0 Å². The average molecular weight is 197 g/mol. The van der Waals surface area contributed by atoms with Crippen LogP contribution in [0.25, 0.3) is 0 Å². The minimum absolute atomic E-state index is 0.511. The summed E-state index contributed by atoms with van der Waals surface area (Å²) in [6, 6.07) is 2.13. The number of aromatic amines is 1. The van der Waals surface area contributed by atoms with Crippen LogP contribution >= 0.6 is 0 Å². The standard InChI is InChI=1S/C9H17N3.C2H6/c1-7(2)9-5-8(10-11-9)6-12(3)4;1-2/h5,7H,6H2,1-4H3,(H,10,11);1-2H3. The molecule has 1 heterocycles. The number of hydrogen-bond donors (Lipinski definition) is 1. The number of nitrogens with zero attached hydrogens (tertiary/aromatic N) is 2. The van der Waals surface area contributed by atoms with Crippen LogP contribution in [0, 0.1) is 0 Å². The number of hydrogen-bond acceptors (Lipinski definition) is 2. The van der Waals surface area contributed by atoms with E-state index < -0.39 is 0 Å². The van der Waals surface area contributed by atoms with Gasteiger partial charge in [-0.1, -0.05) is 27.7 Å². The molecule has 0 radical (unpaired) electrons. The van der Waals surface area contributed by atoms with E-state index in [-0.39, 0.29) is 0 Å². The van der Waals surface area contributed by atoms with Gasteiger partial charge in [0.2, 0.25) is 0 Å². The van der Waals surface area contributed by atoms with Crippen molar-refractivity contribution in [3.8, 4) is 0 Å². The van der Waals surface area contributed by atoms with E-state index in [1.807, 2.05) is 13.8 Å². The predicted octanol–water partition coefficient (Wildman–Crippen LogP) is 2.62. The number of nitrogens with one attached hydrogen (secondary N) is 1. The van der Waals surface area contributed by atoms with Gasteiger partial charge in [-0.15, -0.1) is 0 Å². The van der Waals surface area contributed by atoms with Crippen LogP contribution in [0.4, 0.5) is 0 Å². The molecule has 0 aliphatic heterocycles. The molecule has 14 heavy (non-hydrogen) atoms. The average Bonchev–Trinajstić information content (AvgIpc) is 2.55. The second-order valence-corrected chi connectivity index (χ2v) is 3.71. The number of rotatable bonds is 3. The van der Waals surface area contributed by atoms with Gasteiger partial charge in [0.25, 0.3) is 0 Å². The SMILES string of the molecule is CC.CC(C)c1cc(CN(C)C)[nH]n1. The van der Waals surface area contributed by atoms with Gasteiger partial charge in [0.05, 0.1) is 5.69 Å². The lowest BCUT2D eigenvalue weighted by molar-refractivity contribution is 0.396. The maximum Gasteiger partial charge on any atom is 0.0650 e. The first-order chi connectivity index (χ1) is 6.59. The second kappa shape index (κ2) is 6.60. The van der Waals surface area contributed by atoms with Crippen LogP contribution < -0.4 is 0 Å². The Hall–Kier alpha value is -0.830. The van der Waals surface area contributed by atoms with E-state index in [0.717, 1.165) is 12.2 Å². The molecule has 1 N–H and O–H groups in total. The number of H-pyrrole nitrogens is 1. The van der Waals surface area contributed by atoms with Crippen molar-refractivity contribution >= 4 is 0 Å². The first kappa shape index (κ1) is 13.2. The van der Waals surface area contributed by atoms with Crippen molar-refractivity contribution in [2.75, 3.05) is 14.1 Å². The molecule has 0 spiro atoms. The molecule has 1 aromatic heterocycles. The fraction of sp³-hybridized carbons (Fsp3) is 0.727. The molecule has 1 rings (SSSR count). The summed E-state index contributed by atoms with van der Waals surface area (Å²) in [5, 5.41) is 7.24. The molecule has 0 aliphatic rings. The Balaban J connectivity index is 0.000000791. The molecule has 0 fully saturated rings. The molecule has 0 bridgehead atoms. The van der Waals surface area contributed by atoms with Crippen molar-refractivity contribution in [3.05, 3.63) is 17.5 Å². The molecular formula is C11H23N3. The zero-order valence-electron chi connectivity index (χ0n) is 10.3. The van der Waals surface area contributed by atoms with Crippen LogP contribution in [0.15, 0.2) is 6.07 Å². The highest BCUT2D eigenvalue weighted by Crippen LogP contribution is 2.12. The number of aromatic nitrogens is 2. The third kappa shape index (κ3) is 4.42.